The smallest absolute Gasteiger partial charge is 0.194 e. The molecule has 0 radical (unpaired) electrons. The lowest BCUT2D eigenvalue weighted by Crippen LogP contribution is -2.47. The molecule has 3 aliphatic rings. The number of guanidine groups is 1. The first-order valence-electron chi connectivity index (χ1n) is 11.1. The summed E-state index contributed by atoms with van der Waals surface area (Å²) < 4.78 is 16.4. The Labute approximate surface area is 197 Å². The summed E-state index contributed by atoms with van der Waals surface area (Å²) in [4.78, 5) is 12.4. The molecule has 1 unspecified atom stereocenters. The van der Waals surface area contributed by atoms with Crippen molar-refractivity contribution in [1.82, 2.24) is 20.0 Å². The Hall–Kier alpha value is -0.880. The van der Waals surface area contributed by atoms with E-state index in [0.717, 1.165) is 103 Å². The number of ether oxygens (including phenoxy) is 2. The van der Waals surface area contributed by atoms with Crippen LogP contribution < -0.4 is 5.32 Å². The second-order valence-corrected chi connectivity index (χ2v) is 7.95. The van der Waals surface area contributed by atoms with Gasteiger partial charge in [0.1, 0.15) is 5.76 Å². The van der Waals surface area contributed by atoms with Crippen molar-refractivity contribution in [3.8, 4) is 0 Å². The van der Waals surface area contributed by atoms with E-state index in [1.807, 2.05) is 12.1 Å². The molecule has 0 bridgehead atoms. The predicted molar refractivity (Wildman–Crippen MR) is 128 cm³/mol. The monoisotopic (exact) mass is 533 g/mol. The molecule has 1 aromatic rings. The molecule has 4 rings (SSSR count). The summed E-state index contributed by atoms with van der Waals surface area (Å²) in [5.41, 5.74) is 0. The fraction of sp³-hybridized carbons (Fsp3) is 0.762. The third kappa shape index (κ3) is 7.08. The number of aliphatic imine (C=N–C) groups is 1. The van der Waals surface area contributed by atoms with Crippen LogP contribution in [0.5, 0.6) is 0 Å². The number of hydrogen-bond acceptors (Lipinski definition) is 6. The summed E-state index contributed by atoms with van der Waals surface area (Å²) in [5.74, 6) is 2.05. The van der Waals surface area contributed by atoms with E-state index in [-0.39, 0.29) is 24.0 Å². The van der Waals surface area contributed by atoms with Crippen LogP contribution in [-0.2, 0) is 15.9 Å². The first-order chi connectivity index (χ1) is 14.4. The second kappa shape index (κ2) is 12.8. The number of furan rings is 1. The van der Waals surface area contributed by atoms with Crippen LogP contribution in [0.4, 0.5) is 0 Å². The summed E-state index contributed by atoms with van der Waals surface area (Å²) in [6.45, 7) is 12.3. The van der Waals surface area contributed by atoms with Crippen LogP contribution in [0.1, 0.15) is 12.2 Å². The molecule has 1 atom stereocenters. The van der Waals surface area contributed by atoms with Gasteiger partial charge in [-0.05, 0) is 18.6 Å². The highest BCUT2D eigenvalue weighted by Crippen LogP contribution is 2.17. The lowest BCUT2D eigenvalue weighted by molar-refractivity contribution is 0.0194. The summed E-state index contributed by atoms with van der Waals surface area (Å²) in [7, 11) is 0. The van der Waals surface area contributed by atoms with Gasteiger partial charge < -0.3 is 24.1 Å². The average molecular weight is 533 g/mol. The molecule has 3 saturated heterocycles. The van der Waals surface area contributed by atoms with Gasteiger partial charge in [0.15, 0.2) is 5.96 Å². The number of morpholine rings is 2. The number of nitrogens with one attached hydrogen (secondary N) is 1. The maximum Gasteiger partial charge on any atom is 0.194 e. The quantitative estimate of drug-likeness (QED) is 0.320. The largest absolute Gasteiger partial charge is 0.469 e. The second-order valence-electron chi connectivity index (χ2n) is 7.95. The summed E-state index contributed by atoms with van der Waals surface area (Å²) >= 11 is 0. The highest BCUT2D eigenvalue weighted by Gasteiger charge is 2.30. The molecular formula is C21H36IN5O3. The van der Waals surface area contributed by atoms with E-state index in [1.165, 1.54) is 6.42 Å². The maximum atomic E-state index is 5.52. The van der Waals surface area contributed by atoms with Crippen LogP contribution in [0.2, 0.25) is 0 Å². The van der Waals surface area contributed by atoms with E-state index >= 15 is 0 Å². The van der Waals surface area contributed by atoms with Crippen LogP contribution in [-0.4, -0.2) is 112 Å². The van der Waals surface area contributed by atoms with E-state index in [2.05, 4.69) is 20.0 Å². The predicted octanol–water partition coefficient (Wildman–Crippen LogP) is 1.12. The number of rotatable bonds is 7. The lowest BCUT2D eigenvalue weighted by atomic mass is 10.2. The third-order valence-corrected chi connectivity index (χ3v) is 6.04. The molecule has 170 valence electrons. The normalized spacial score (nSPS) is 24.1. The zero-order valence-corrected chi connectivity index (χ0v) is 20.2. The van der Waals surface area contributed by atoms with Gasteiger partial charge in [-0.1, -0.05) is 0 Å². The Morgan fingerprint density at radius 1 is 1.07 bits per heavy atom. The van der Waals surface area contributed by atoms with Crippen LogP contribution in [0.3, 0.4) is 0 Å². The van der Waals surface area contributed by atoms with E-state index in [0.29, 0.717) is 6.04 Å². The molecule has 3 fully saturated rings. The highest BCUT2D eigenvalue weighted by atomic mass is 127. The van der Waals surface area contributed by atoms with Crippen LogP contribution in [0.25, 0.3) is 0 Å². The first kappa shape index (κ1) is 23.8. The molecule has 1 N–H and O–H groups in total. The standard InChI is InChI=1S/C21H35N5O3.HI/c1-2-20(29-13-1)3-5-22-21(23-6-8-24-9-14-27-15-10-24)26-7-4-19(18-26)25-11-16-28-17-12-25;/h1-2,13,19H,3-12,14-18H2,(H,22,23);1H. The van der Waals surface area contributed by atoms with E-state index < -0.39 is 0 Å². The Morgan fingerprint density at radius 2 is 1.83 bits per heavy atom. The van der Waals surface area contributed by atoms with Crippen molar-refractivity contribution in [2.24, 2.45) is 4.99 Å². The van der Waals surface area contributed by atoms with E-state index in [1.54, 1.807) is 6.26 Å². The molecule has 4 heterocycles. The fourth-order valence-electron chi connectivity index (χ4n) is 4.32. The van der Waals surface area contributed by atoms with Gasteiger partial charge in [0.2, 0.25) is 0 Å². The minimum absolute atomic E-state index is 0. The van der Waals surface area contributed by atoms with Crippen molar-refractivity contribution in [3.63, 3.8) is 0 Å². The molecular weight excluding hydrogens is 497 g/mol. The van der Waals surface area contributed by atoms with Gasteiger partial charge in [-0.15, -0.1) is 24.0 Å². The van der Waals surface area contributed by atoms with Crippen LogP contribution in [0, 0.1) is 0 Å². The maximum absolute atomic E-state index is 5.52. The zero-order valence-electron chi connectivity index (χ0n) is 17.8. The number of hydrogen-bond donors (Lipinski definition) is 1. The van der Waals surface area contributed by atoms with Crippen molar-refractivity contribution >= 4 is 29.9 Å². The number of nitrogens with zero attached hydrogens (tertiary/aromatic N) is 4. The van der Waals surface area contributed by atoms with E-state index in [9.17, 15) is 0 Å². The molecule has 30 heavy (non-hydrogen) atoms. The molecule has 0 aliphatic carbocycles. The van der Waals surface area contributed by atoms with Gasteiger partial charge in [-0.3, -0.25) is 14.8 Å². The molecule has 9 heteroatoms. The van der Waals surface area contributed by atoms with Gasteiger partial charge >= 0.3 is 0 Å². The molecule has 0 amide bonds. The first-order valence-corrected chi connectivity index (χ1v) is 11.1. The van der Waals surface area contributed by atoms with Crippen molar-refractivity contribution in [1.29, 1.82) is 0 Å². The van der Waals surface area contributed by atoms with Gasteiger partial charge in [0.05, 0.1) is 39.2 Å². The molecule has 0 aromatic carbocycles. The topological polar surface area (TPSA) is 65.7 Å². The van der Waals surface area contributed by atoms with Crippen LogP contribution >= 0.6 is 24.0 Å². The SMILES string of the molecule is I.c1coc(CCNC(=NCCN2CCOCC2)N2CCC(N3CCOCC3)C2)c1. The Balaban J connectivity index is 0.00000256. The Bertz CT molecular complexity index is 618. The zero-order chi connectivity index (χ0) is 19.7. The molecule has 3 aliphatic heterocycles. The highest BCUT2D eigenvalue weighted by molar-refractivity contribution is 14.0. The summed E-state index contributed by atoms with van der Waals surface area (Å²) in [6, 6.07) is 4.58. The van der Waals surface area contributed by atoms with Gasteiger partial charge in [-0.25, -0.2) is 0 Å². The fourth-order valence-corrected chi connectivity index (χ4v) is 4.32. The van der Waals surface area contributed by atoms with Crippen molar-refractivity contribution in [2.45, 2.75) is 18.9 Å². The van der Waals surface area contributed by atoms with Crippen molar-refractivity contribution < 1.29 is 13.9 Å². The van der Waals surface area contributed by atoms with Gasteiger partial charge in [0, 0.05) is 64.8 Å². The summed E-state index contributed by atoms with van der Waals surface area (Å²) in [5, 5.41) is 3.59. The number of likely N-dealkylation sites (tertiary alicyclic amines) is 1. The van der Waals surface area contributed by atoms with Gasteiger partial charge in [0.25, 0.3) is 0 Å². The van der Waals surface area contributed by atoms with Gasteiger partial charge in [-0.2, -0.15) is 0 Å². The molecule has 0 saturated carbocycles. The Kier molecular flexibility index (Phi) is 10.2. The van der Waals surface area contributed by atoms with Crippen molar-refractivity contribution in [3.05, 3.63) is 24.2 Å². The average Bonchev–Trinajstić information content (AvgIpc) is 3.46. The minimum Gasteiger partial charge on any atom is -0.469 e. The summed E-state index contributed by atoms with van der Waals surface area (Å²) in [6.07, 6.45) is 3.80. The molecule has 1 aromatic heterocycles. The van der Waals surface area contributed by atoms with E-state index in [4.69, 9.17) is 18.9 Å². The third-order valence-electron chi connectivity index (χ3n) is 6.04. The minimum atomic E-state index is 0. The molecule has 0 spiro atoms. The lowest BCUT2D eigenvalue weighted by Gasteiger charge is -2.32. The van der Waals surface area contributed by atoms with Crippen molar-refractivity contribution in [2.75, 3.05) is 85.3 Å². The molecule has 8 nitrogen and oxygen atoms in total. The number of halogens is 1. The Morgan fingerprint density at radius 3 is 2.57 bits per heavy atom. The van der Waals surface area contributed by atoms with Crippen LogP contribution in [0.15, 0.2) is 27.8 Å².